The van der Waals surface area contributed by atoms with Gasteiger partial charge in [-0.2, -0.15) is 0 Å². The Morgan fingerprint density at radius 3 is 2.52 bits per heavy atom. The Morgan fingerprint density at radius 1 is 1.09 bits per heavy atom. The maximum Gasteiger partial charge on any atom is 0.315 e. The van der Waals surface area contributed by atoms with E-state index in [4.69, 9.17) is 17.3 Å². The van der Waals surface area contributed by atoms with Crippen LogP contribution in [0.3, 0.4) is 0 Å². The molecule has 0 spiro atoms. The van der Waals surface area contributed by atoms with Gasteiger partial charge in [0.2, 0.25) is 5.91 Å². The van der Waals surface area contributed by atoms with E-state index in [1.54, 1.807) is 30.3 Å². The van der Waals surface area contributed by atoms with E-state index < -0.39 is 5.91 Å². The molecule has 0 bridgehead atoms. The Balaban J connectivity index is 1.85. The van der Waals surface area contributed by atoms with Gasteiger partial charge in [-0.1, -0.05) is 45.7 Å². The molecule has 0 aliphatic carbocycles. The number of halogens is 2. The molecule has 0 saturated carbocycles. The summed E-state index contributed by atoms with van der Waals surface area (Å²) in [6, 6.07) is 11.9. The van der Waals surface area contributed by atoms with Crippen molar-refractivity contribution in [2.24, 2.45) is 5.73 Å². The highest BCUT2D eigenvalue weighted by molar-refractivity contribution is 9.10. The van der Waals surface area contributed by atoms with Crippen LogP contribution < -0.4 is 16.4 Å². The number of benzene rings is 2. The lowest BCUT2D eigenvalue weighted by Crippen LogP contribution is -2.34. The number of amides is 3. The third kappa shape index (κ3) is 5.26. The Kier molecular flexibility index (Phi) is 6.01. The van der Waals surface area contributed by atoms with Crippen molar-refractivity contribution in [1.82, 2.24) is 10.6 Å². The number of nitrogens with one attached hydrogen (secondary N) is 2. The summed E-state index contributed by atoms with van der Waals surface area (Å²) in [4.78, 5) is 22.9. The second-order valence-electron chi connectivity index (χ2n) is 4.84. The first-order valence-electron chi connectivity index (χ1n) is 6.80. The van der Waals surface area contributed by atoms with Crippen molar-refractivity contribution in [2.45, 2.75) is 13.1 Å². The van der Waals surface area contributed by atoms with E-state index in [0.29, 0.717) is 23.7 Å². The number of hydrogen-bond acceptors (Lipinski definition) is 2. The predicted octanol–water partition coefficient (Wildman–Crippen LogP) is 3.20. The normalized spacial score (nSPS) is 10.2. The van der Waals surface area contributed by atoms with Gasteiger partial charge in [-0.05, 0) is 35.4 Å². The number of hydrogen-bond donors (Lipinski definition) is 3. The summed E-state index contributed by atoms with van der Waals surface area (Å²) in [5.74, 6) is -0.499. The molecule has 2 aromatic rings. The standard InChI is InChI=1S/C16H15BrClN3O2/c17-13-5-4-12(14(18)7-13)9-21-16(23)20-8-10-2-1-3-11(6-10)15(19)22/h1-7H,8-9H2,(H2,19,22)(H2,20,21,23). The second kappa shape index (κ2) is 7.99. The van der Waals surface area contributed by atoms with Gasteiger partial charge in [0, 0.05) is 28.1 Å². The summed E-state index contributed by atoms with van der Waals surface area (Å²) >= 11 is 9.41. The van der Waals surface area contributed by atoms with Gasteiger partial charge >= 0.3 is 6.03 Å². The van der Waals surface area contributed by atoms with E-state index in [1.807, 2.05) is 12.1 Å². The van der Waals surface area contributed by atoms with Gasteiger partial charge in [0.25, 0.3) is 0 Å². The van der Waals surface area contributed by atoms with Gasteiger partial charge in [0.1, 0.15) is 0 Å². The van der Waals surface area contributed by atoms with Crippen LogP contribution in [0.2, 0.25) is 5.02 Å². The Morgan fingerprint density at radius 2 is 1.83 bits per heavy atom. The summed E-state index contributed by atoms with van der Waals surface area (Å²) in [6.07, 6.45) is 0. The maximum absolute atomic E-state index is 11.8. The minimum atomic E-state index is -0.499. The van der Waals surface area contributed by atoms with Crippen LogP contribution in [-0.4, -0.2) is 11.9 Å². The topological polar surface area (TPSA) is 84.2 Å². The van der Waals surface area contributed by atoms with Crippen molar-refractivity contribution >= 4 is 39.5 Å². The zero-order valence-electron chi connectivity index (χ0n) is 12.1. The fourth-order valence-corrected chi connectivity index (χ4v) is 2.66. The predicted molar refractivity (Wildman–Crippen MR) is 93.2 cm³/mol. The van der Waals surface area contributed by atoms with Crippen molar-refractivity contribution < 1.29 is 9.59 Å². The minimum absolute atomic E-state index is 0.293. The molecule has 4 N–H and O–H groups in total. The highest BCUT2D eigenvalue weighted by Gasteiger charge is 2.05. The van der Waals surface area contributed by atoms with Crippen LogP contribution in [0.1, 0.15) is 21.5 Å². The Hall–Kier alpha value is -2.05. The summed E-state index contributed by atoms with van der Waals surface area (Å²) < 4.78 is 0.880. The molecule has 5 nitrogen and oxygen atoms in total. The first-order chi connectivity index (χ1) is 11.0. The number of carbonyl (C=O) groups is 2. The Bertz CT molecular complexity index is 737. The lowest BCUT2D eigenvalue weighted by Gasteiger charge is -2.09. The molecule has 0 aliphatic rings. The highest BCUT2D eigenvalue weighted by atomic mass is 79.9. The zero-order chi connectivity index (χ0) is 16.8. The number of rotatable bonds is 5. The first kappa shape index (κ1) is 17.3. The van der Waals surface area contributed by atoms with Crippen molar-refractivity contribution in [2.75, 3.05) is 0 Å². The number of primary amides is 1. The first-order valence-corrected chi connectivity index (χ1v) is 7.97. The lowest BCUT2D eigenvalue weighted by molar-refractivity contribution is 0.1000. The monoisotopic (exact) mass is 395 g/mol. The van der Waals surface area contributed by atoms with Crippen LogP contribution in [0.15, 0.2) is 46.9 Å². The Labute approximate surface area is 147 Å². The van der Waals surface area contributed by atoms with Gasteiger partial charge < -0.3 is 16.4 Å². The van der Waals surface area contributed by atoms with Crippen molar-refractivity contribution in [3.05, 3.63) is 68.7 Å². The molecule has 0 radical (unpaired) electrons. The largest absolute Gasteiger partial charge is 0.366 e. The molecular weight excluding hydrogens is 382 g/mol. The van der Waals surface area contributed by atoms with Crippen LogP contribution in [0.5, 0.6) is 0 Å². The minimum Gasteiger partial charge on any atom is -0.366 e. The molecule has 0 atom stereocenters. The lowest BCUT2D eigenvalue weighted by atomic mass is 10.1. The second-order valence-corrected chi connectivity index (χ2v) is 6.16. The molecule has 3 amide bonds. The third-order valence-electron chi connectivity index (χ3n) is 3.12. The SMILES string of the molecule is NC(=O)c1cccc(CNC(=O)NCc2ccc(Br)cc2Cl)c1. The molecule has 7 heteroatoms. The van der Waals surface area contributed by atoms with Crippen LogP contribution in [0, 0.1) is 0 Å². The molecule has 2 rings (SSSR count). The van der Waals surface area contributed by atoms with E-state index >= 15 is 0 Å². The van der Waals surface area contributed by atoms with Gasteiger partial charge in [0.15, 0.2) is 0 Å². The van der Waals surface area contributed by atoms with Crippen LogP contribution in [-0.2, 0) is 13.1 Å². The smallest absolute Gasteiger partial charge is 0.315 e. The van der Waals surface area contributed by atoms with Crippen molar-refractivity contribution in [1.29, 1.82) is 0 Å². The molecule has 23 heavy (non-hydrogen) atoms. The summed E-state index contributed by atoms with van der Waals surface area (Å²) in [6.45, 7) is 0.611. The van der Waals surface area contributed by atoms with Gasteiger partial charge in [-0.15, -0.1) is 0 Å². The van der Waals surface area contributed by atoms with Gasteiger partial charge in [-0.25, -0.2) is 4.79 Å². The molecule has 120 valence electrons. The number of urea groups is 1. The van der Waals surface area contributed by atoms with E-state index in [-0.39, 0.29) is 6.03 Å². The van der Waals surface area contributed by atoms with E-state index in [9.17, 15) is 9.59 Å². The number of nitrogens with two attached hydrogens (primary N) is 1. The van der Waals surface area contributed by atoms with E-state index in [1.165, 1.54) is 0 Å². The average Bonchev–Trinajstić information content (AvgIpc) is 2.52. The summed E-state index contributed by atoms with van der Waals surface area (Å²) in [5.41, 5.74) is 7.24. The quantitative estimate of drug-likeness (QED) is 0.725. The fourth-order valence-electron chi connectivity index (χ4n) is 1.92. The molecule has 0 unspecified atom stereocenters. The molecule has 0 aliphatic heterocycles. The number of carbonyl (C=O) groups excluding carboxylic acids is 2. The van der Waals surface area contributed by atoms with Crippen LogP contribution in [0.25, 0.3) is 0 Å². The van der Waals surface area contributed by atoms with Crippen molar-refractivity contribution in [3.8, 4) is 0 Å². The van der Waals surface area contributed by atoms with Gasteiger partial charge in [-0.3, -0.25) is 4.79 Å². The average molecular weight is 397 g/mol. The van der Waals surface area contributed by atoms with Crippen LogP contribution in [0.4, 0.5) is 4.79 Å². The molecule has 0 aromatic heterocycles. The van der Waals surface area contributed by atoms with Gasteiger partial charge in [0.05, 0.1) is 0 Å². The molecule has 0 heterocycles. The maximum atomic E-state index is 11.8. The molecule has 0 saturated heterocycles. The summed E-state index contributed by atoms with van der Waals surface area (Å²) in [5, 5.41) is 6.01. The van der Waals surface area contributed by atoms with Crippen LogP contribution >= 0.6 is 27.5 Å². The molecule has 2 aromatic carbocycles. The fraction of sp³-hybridized carbons (Fsp3) is 0.125. The molecular formula is C16H15BrClN3O2. The summed E-state index contributed by atoms with van der Waals surface area (Å²) in [7, 11) is 0. The van der Waals surface area contributed by atoms with E-state index in [0.717, 1.165) is 15.6 Å². The zero-order valence-corrected chi connectivity index (χ0v) is 14.4. The molecule has 0 fully saturated rings. The highest BCUT2D eigenvalue weighted by Crippen LogP contribution is 2.21. The third-order valence-corrected chi connectivity index (χ3v) is 3.96. The van der Waals surface area contributed by atoms with Crippen molar-refractivity contribution in [3.63, 3.8) is 0 Å². The van der Waals surface area contributed by atoms with E-state index in [2.05, 4.69) is 26.6 Å².